The fourth-order valence-electron chi connectivity index (χ4n) is 3.78. The van der Waals surface area contributed by atoms with E-state index in [4.69, 9.17) is 9.47 Å². The van der Waals surface area contributed by atoms with Crippen molar-refractivity contribution in [1.82, 2.24) is 14.7 Å². The van der Waals surface area contributed by atoms with Gasteiger partial charge in [0, 0.05) is 49.6 Å². The summed E-state index contributed by atoms with van der Waals surface area (Å²) < 4.78 is 12.7. The highest BCUT2D eigenvalue weighted by Gasteiger charge is 2.28. The van der Waals surface area contributed by atoms with E-state index < -0.39 is 11.6 Å². The number of nitrogens with zero attached hydrogens (tertiary/aromatic N) is 3. The number of aromatic nitrogens is 2. The van der Waals surface area contributed by atoms with Gasteiger partial charge in [0.2, 0.25) is 0 Å². The van der Waals surface area contributed by atoms with Gasteiger partial charge in [-0.2, -0.15) is 5.10 Å². The van der Waals surface area contributed by atoms with Gasteiger partial charge in [0.1, 0.15) is 11.7 Å². The number of amides is 2. The quantitative estimate of drug-likeness (QED) is 0.521. The topological polar surface area (TPSA) is 103 Å². The lowest BCUT2D eigenvalue weighted by Gasteiger charge is -2.33. The molecule has 1 aromatic heterocycles. The number of rotatable bonds is 5. The number of hydrogen-bond donors (Lipinski definition) is 1. The van der Waals surface area contributed by atoms with Gasteiger partial charge in [-0.3, -0.25) is 4.79 Å². The summed E-state index contributed by atoms with van der Waals surface area (Å²) in [7, 11) is 0. The van der Waals surface area contributed by atoms with Crippen LogP contribution < -0.4 is 5.32 Å². The molecule has 36 heavy (non-hydrogen) atoms. The standard InChI is InChI=1S/C27H30N4O5/c1-27(2,3)36-26(34)30-17-13-23(14-18-30)35-25(33)20-5-9-21(10-6-20)29-24(32)19-7-11-22(12-8-19)31-16-4-15-28-31/h4-12,15-16,23H,13-14,17-18H2,1-3H3,(H,29,32). The molecule has 1 fully saturated rings. The van der Waals surface area contributed by atoms with Crippen LogP contribution in [-0.2, 0) is 9.47 Å². The third kappa shape index (κ3) is 6.50. The fraction of sp³-hybridized carbons (Fsp3) is 0.333. The predicted molar refractivity (Wildman–Crippen MR) is 134 cm³/mol. The molecule has 1 saturated heterocycles. The molecule has 2 aromatic carbocycles. The van der Waals surface area contributed by atoms with Crippen LogP contribution >= 0.6 is 0 Å². The molecule has 1 N–H and O–H groups in total. The van der Waals surface area contributed by atoms with Crippen LogP contribution in [0.15, 0.2) is 67.0 Å². The van der Waals surface area contributed by atoms with Crippen LogP contribution in [0, 0.1) is 0 Å². The Kier molecular flexibility index (Phi) is 7.38. The summed E-state index contributed by atoms with van der Waals surface area (Å²) in [6.45, 7) is 6.44. The van der Waals surface area contributed by atoms with Gasteiger partial charge in [-0.05, 0) is 75.4 Å². The molecule has 0 unspecified atom stereocenters. The van der Waals surface area contributed by atoms with E-state index >= 15 is 0 Å². The Labute approximate surface area is 210 Å². The van der Waals surface area contributed by atoms with Crippen LogP contribution in [0.1, 0.15) is 54.3 Å². The minimum Gasteiger partial charge on any atom is -0.459 e. The predicted octanol–water partition coefficient (Wildman–Crippen LogP) is 4.68. The first-order chi connectivity index (χ1) is 17.2. The minimum absolute atomic E-state index is 0.255. The Hall–Kier alpha value is -4.14. The Morgan fingerprint density at radius 3 is 2.17 bits per heavy atom. The summed E-state index contributed by atoms with van der Waals surface area (Å²) >= 11 is 0. The molecule has 0 bridgehead atoms. The number of piperidine rings is 1. The average Bonchev–Trinajstić information content (AvgIpc) is 3.39. The third-order valence-corrected chi connectivity index (χ3v) is 5.64. The molecule has 1 aliphatic rings. The molecule has 0 atom stereocenters. The van der Waals surface area contributed by atoms with Crippen LogP contribution in [-0.4, -0.2) is 57.4 Å². The zero-order valence-corrected chi connectivity index (χ0v) is 20.6. The van der Waals surface area contributed by atoms with E-state index in [0.717, 1.165) is 5.69 Å². The van der Waals surface area contributed by atoms with E-state index in [9.17, 15) is 14.4 Å². The molecule has 4 rings (SSSR count). The fourth-order valence-corrected chi connectivity index (χ4v) is 3.78. The van der Waals surface area contributed by atoms with Gasteiger partial charge in [-0.1, -0.05) is 0 Å². The summed E-state index contributed by atoms with van der Waals surface area (Å²) in [6, 6.07) is 15.5. The van der Waals surface area contributed by atoms with Crippen LogP contribution in [0.5, 0.6) is 0 Å². The number of hydrogen-bond acceptors (Lipinski definition) is 6. The van der Waals surface area contributed by atoms with Crippen molar-refractivity contribution in [1.29, 1.82) is 0 Å². The van der Waals surface area contributed by atoms with E-state index in [1.807, 2.05) is 45.2 Å². The van der Waals surface area contributed by atoms with Crippen LogP contribution in [0.2, 0.25) is 0 Å². The summed E-state index contributed by atoms with van der Waals surface area (Å²) in [4.78, 5) is 39.0. The first-order valence-electron chi connectivity index (χ1n) is 11.9. The molecule has 3 aromatic rings. The summed E-state index contributed by atoms with van der Waals surface area (Å²) in [5, 5.41) is 7.00. The van der Waals surface area contributed by atoms with Crippen molar-refractivity contribution in [2.45, 2.75) is 45.3 Å². The average molecular weight is 491 g/mol. The van der Waals surface area contributed by atoms with E-state index in [2.05, 4.69) is 10.4 Å². The van der Waals surface area contributed by atoms with Gasteiger partial charge < -0.3 is 19.7 Å². The van der Waals surface area contributed by atoms with Gasteiger partial charge in [0.15, 0.2) is 0 Å². The van der Waals surface area contributed by atoms with Crippen LogP contribution in [0.4, 0.5) is 10.5 Å². The largest absolute Gasteiger partial charge is 0.459 e. The lowest BCUT2D eigenvalue weighted by atomic mass is 10.1. The number of benzene rings is 2. The van der Waals surface area contributed by atoms with Gasteiger partial charge in [-0.15, -0.1) is 0 Å². The van der Waals surface area contributed by atoms with Gasteiger partial charge in [0.25, 0.3) is 5.91 Å². The number of nitrogens with one attached hydrogen (secondary N) is 1. The highest BCUT2D eigenvalue weighted by atomic mass is 16.6. The molecule has 0 spiro atoms. The Bertz CT molecular complexity index is 1190. The summed E-state index contributed by atoms with van der Waals surface area (Å²) in [5.74, 6) is -0.688. The molecule has 2 heterocycles. The van der Waals surface area contributed by atoms with Gasteiger partial charge in [-0.25, -0.2) is 14.3 Å². The van der Waals surface area contributed by atoms with Crippen molar-refractivity contribution in [3.63, 3.8) is 0 Å². The highest BCUT2D eigenvalue weighted by molar-refractivity contribution is 6.04. The monoisotopic (exact) mass is 490 g/mol. The second-order valence-corrected chi connectivity index (χ2v) is 9.60. The lowest BCUT2D eigenvalue weighted by molar-refractivity contribution is -0.00341. The second kappa shape index (κ2) is 10.6. The number of carbonyl (C=O) groups excluding carboxylic acids is 3. The smallest absolute Gasteiger partial charge is 0.410 e. The van der Waals surface area contributed by atoms with Crippen molar-refractivity contribution in [3.8, 4) is 5.69 Å². The molecular formula is C27H30N4O5. The Balaban J connectivity index is 1.26. The van der Waals surface area contributed by atoms with Crippen molar-refractivity contribution < 1.29 is 23.9 Å². The number of likely N-dealkylation sites (tertiary alicyclic amines) is 1. The number of esters is 1. The summed E-state index contributed by atoms with van der Waals surface area (Å²) in [6.07, 6.45) is 4.01. The molecule has 0 radical (unpaired) electrons. The molecule has 1 aliphatic heterocycles. The van der Waals surface area contributed by atoms with E-state index in [-0.39, 0.29) is 18.1 Å². The van der Waals surface area contributed by atoms with Crippen LogP contribution in [0.25, 0.3) is 5.69 Å². The maximum absolute atomic E-state index is 12.6. The van der Waals surface area contributed by atoms with Gasteiger partial charge in [0.05, 0.1) is 11.3 Å². The molecule has 0 aliphatic carbocycles. The van der Waals surface area contributed by atoms with Crippen molar-refractivity contribution >= 4 is 23.7 Å². The van der Waals surface area contributed by atoms with Crippen molar-refractivity contribution in [2.24, 2.45) is 0 Å². The van der Waals surface area contributed by atoms with Crippen molar-refractivity contribution in [3.05, 3.63) is 78.1 Å². The normalized spacial score (nSPS) is 14.2. The number of ether oxygens (including phenoxy) is 2. The SMILES string of the molecule is CC(C)(C)OC(=O)N1CCC(OC(=O)c2ccc(NC(=O)c3ccc(-n4cccn4)cc3)cc2)CC1. The highest BCUT2D eigenvalue weighted by Crippen LogP contribution is 2.20. The van der Waals surface area contributed by atoms with Crippen LogP contribution in [0.3, 0.4) is 0 Å². The maximum Gasteiger partial charge on any atom is 0.410 e. The second-order valence-electron chi connectivity index (χ2n) is 9.60. The van der Waals surface area contributed by atoms with E-state index in [0.29, 0.717) is 42.7 Å². The molecule has 0 saturated carbocycles. The Morgan fingerprint density at radius 2 is 1.58 bits per heavy atom. The Morgan fingerprint density at radius 1 is 0.944 bits per heavy atom. The molecule has 2 amide bonds. The molecular weight excluding hydrogens is 460 g/mol. The summed E-state index contributed by atoms with van der Waals surface area (Å²) in [5.41, 5.74) is 1.78. The number of anilines is 1. The molecule has 9 nitrogen and oxygen atoms in total. The first-order valence-corrected chi connectivity index (χ1v) is 11.9. The first kappa shape index (κ1) is 25.0. The zero-order chi connectivity index (χ0) is 25.7. The third-order valence-electron chi connectivity index (χ3n) is 5.64. The lowest BCUT2D eigenvalue weighted by Crippen LogP contribution is -2.43. The number of carbonyl (C=O) groups is 3. The zero-order valence-electron chi connectivity index (χ0n) is 20.6. The van der Waals surface area contributed by atoms with E-state index in [1.54, 1.807) is 52.2 Å². The minimum atomic E-state index is -0.544. The molecule has 9 heteroatoms. The van der Waals surface area contributed by atoms with E-state index in [1.165, 1.54) is 0 Å². The maximum atomic E-state index is 12.6. The van der Waals surface area contributed by atoms with Crippen molar-refractivity contribution in [2.75, 3.05) is 18.4 Å². The molecule has 188 valence electrons. The van der Waals surface area contributed by atoms with Gasteiger partial charge >= 0.3 is 12.1 Å².